The van der Waals surface area contributed by atoms with E-state index in [0.717, 1.165) is 24.9 Å². The van der Waals surface area contributed by atoms with Crippen LogP contribution in [0.5, 0.6) is 0 Å². The van der Waals surface area contributed by atoms with Gasteiger partial charge in [-0.3, -0.25) is 0 Å². The van der Waals surface area contributed by atoms with E-state index >= 15 is 0 Å². The van der Waals surface area contributed by atoms with Gasteiger partial charge in [0, 0.05) is 6.04 Å². The molecule has 3 atom stereocenters. The van der Waals surface area contributed by atoms with Crippen LogP contribution < -0.4 is 0 Å². The molecule has 0 aromatic heterocycles. The fourth-order valence-corrected chi connectivity index (χ4v) is 3.64. The second-order valence-electron chi connectivity index (χ2n) is 5.97. The van der Waals surface area contributed by atoms with Gasteiger partial charge in [0.1, 0.15) is 5.82 Å². The van der Waals surface area contributed by atoms with E-state index in [1.807, 2.05) is 0 Å². The number of aliphatic hydroxyl groups excluding tert-OH is 1. The van der Waals surface area contributed by atoms with Gasteiger partial charge in [0.15, 0.2) is 0 Å². The second kappa shape index (κ2) is 5.59. The van der Waals surface area contributed by atoms with E-state index in [0.29, 0.717) is 12.0 Å². The maximum absolute atomic E-state index is 12.9. The van der Waals surface area contributed by atoms with Crippen molar-refractivity contribution in [3.05, 3.63) is 35.6 Å². The van der Waals surface area contributed by atoms with Crippen LogP contribution in [0.1, 0.15) is 43.8 Å². The average molecular weight is 263 g/mol. The Hall–Kier alpha value is -0.930. The lowest BCUT2D eigenvalue weighted by Gasteiger charge is -2.43. The van der Waals surface area contributed by atoms with Crippen molar-refractivity contribution in [2.24, 2.45) is 5.92 Å². The molecule has 0 aliphatic carbocycles. The number of halogens is 1. The number of rotatable bonds is 2. The smallest absolute Gasteiger partial charge is 0.123 e. The summed E-state index contributed by atoms with van der Waals surface area (Å²) in [7, 11) is 0. The van der Waals surface area contributed by atoms with Crippen LogP contribution in [0.2, 0.25) is 0 Å². The highest BCUT2D eigenvalue weighted by molar-refractivity contribution is 5.19. The molecule has 0 radical (unpaired) electrons. The number of nitrogens with zero attached hydrogens (tertiary/aromatic N) is 1. The number of aliphatic hydroxyl groups is 1. The fourth-order valence-electron chi connectivity index (χ4n) is 3.64. The lowest BCUT2D eigenvalue weighted by atomic mass is 9.81. The van der Waals surface area contributed by atoms with Crippen molar-refractivity contribution < 1.29 is 9.50 Å². The molecule has 0 bridgehead atoms. The summed E-state index contributed by atoms with van der Waals surface area (Å²) in [5.74, 6) is 0.0860. The predicted octanol–water partition coefficient (Wildman–Crippen LogP) is 3.12. The molecule has 2 heterocycles. The van der Waals surface area contributed by atoms with E-state index in [1.165, 1.54) is 37.9 Å². The molecule has 2 aliphatic rings. The quantitative estimate of drug-likeness (QED) is 0.886. The Morgan fingerprint density at radius 3 is 2.68 bits per heavy atom. The van der Waals surface area contributed by atoms with E-state index in [-0.39, 0.29) is 5.82 Å². The zero-order valence-electron chi connectivity index (χ0n) is 11.3. The number of piperidine rings is 2. The van der Waals surface area contributed by atoms with Gasteiger partial charge in [0.25, 0.3) is 0 Å². The molecule has 3 heteroatoms. The fraction of sp³-hybridized carbons (Fsp3) is 0.625. The summed E-state index contributed by atoms with van der Waals surface area (Å²) in [5.41, 5.74) is 0.857. The summed E-state index contributed by atoms with van der Waals surface area (Å²) in [6.07, 6.45) is 5.60. The molecule has 0 spiro atoms. The van der Waals surface area contributed by atoms with Crippen LogP contribution in [0.3, 0.4) is 0 Å². The molecule has 3 rings (SSSR count). The minimum absolute atomic E-state index is 0.238. The maximum atomic E-state index is 12.9. The highest BCUT2D eigenvalue weighted by Crippen LogP contribution is 2.36. The number of benzene rings is 1. The van der Waals surface area contributed by atoms with Gasteiger partial charge in [-0.05, 0) is 62.4 Å². The Kier molecular flexibility index (Phi) is 3.85. The Balaban J connectivity index is 1.67. The van der Waals surface area contributed by atoms with Crippen LogP contribution in [0.25, 0.3) is 0 Å². The molecule has 0 unspecified atom stereocenters. The van der Waals surface area contributed by atoms with Gasteiger partial charge in [-0.25, -0.2) is 4.39 Å². The van der Waals surface area contributed by atoms with Crippen LogP contribution in [0, 0.1) is 11.7 Å². The highest BCUT2D eigenvalue weighted by Gasteiger charge is 2.33. The number of hydrogen-bond acceptors (Lipinski definition) is 2. The van der Waals surface area contributed by atoms with Gasteiger partial charge in [0.05, 0.1) is 6.10 Å². The summed E-state index contributed by atoms with van der Waals surface area (Å²) >= 11 is 0. The maximum Gasteiger partial charge on any atom is 0.123 e. The standard InChI is InChI=1S/C16H22FNO/c17-14-6-4-12(5-7-14)16(19)13-8-10-18-9-2-1-3-15(18)11-13/h4-7,13,15-16,19H,1-3,8-11H2/t13-,15-,16-/m0/s1. The van der Waals surface area contributed by atoms with Crippen LogP contribution in [0.15, 0.2) is 24.3 Å². The molecule has 2 fully saturated rings. The van der Waals surface area contributed by atoms with Crippen molar-refractivity contribution in [2.45, 2.75) is 44.2 Å². The summed E-state index contributed by atoms with van der Waals surface area (Å²) in [6.45, 7) is 2.33. The largest absolute Gasteiger partial charge is 0.388 e. The number of fused-ring (bicyclic) bond motifs is 1. The van der Waals surface area contributed by atoms with Gasteiger partial charge >= 0.3 is 0 Å². The zero-order chi connectivity index (χ0) is 13.2. The van der Waals surface area contributed by atoms with E-state index in [4.69, 9.17) is 0 Å². The van der Waals surface area contributed by atoms with Gasteiger partial charge in [-0.1, -0.05) is 18.6 Å². The van der Waals surface area contributed by atoms with Crippen molar-refractivity contribution >= 4 is 0 Å². The molecule has 2 saturated heterocycles. The molecular formula is C16H22FNO. The first-order chi connectivity index (χ1) is 9.24. The normalized spacial score (nSPS) is 29.8. The van der Waals surface area contributed by atoms with Crippen molar-refractivity contribution in [3.63, 3.8) is 0 Å². The summed E-state index contributed by atoms with van der Waals surface area (Å²) in [6, 6.07) is 6.96. The van der Waals surface area contributed by atoms with Crippen molar-refractivity contribution in [1.82, 2.24) is 4.90 Å². The Morgan fingerprint density at radius 1 is 1.11 bits per heavy atom. The topological polar surface area (TPSA) is 23.5 Å². The Morgan fingerprint density at radius 2 is 1.89 bits per heavy atom. The minimum atomic E-state index is -0.440. The highest BCUT2D eigenvalue weighted by atomic mass is 19.1. The first-order valence-electron chi connectivity index (χ1n) is 7.41. The van der Waals surface area contributed by atoms with Crippen LogP contribution in [0.4, 0.5) is 4.39 Å². The van der Waals surface area contributed by atoms with Gasteiger partial charge in [-0.15, -0.1) is 0 Å². The van der Waals surface area contributed by atoms with Crippen LogP contribution in [-0.2, 0) is 0 Å². The van der Waals surface area contributed by atoms with E-state index in [1.54, 1.807) is 12.1 Å². The van der Waals surface area contributed by atoms with E-state index in [2.05, 4.69) is 4.90 Å². The Bertz CT molecular complexity index is 419. The molecule has 19 heavy (non-hydrogen) atoms. The third-order valence-corrected chi connectivity index (χ3v) is 4.77. The number of hydrogen-bond donors (Lipinski definition) is 1. The molecule has 0 amide bonds. The monoisotopic (exact) mass is 263 g/mol. The third kappa shape index (κ3) is 2.82. The lowest BCUT2D eigenvalue weighted by molar-refractivity contribution is 0.0154. The third-order valence-electron chi connectivity index (χ3n) is 4.77. The predicted molar refractivity (Wildman–Crippen MR) is 73.3 cm³/mol. The minimum Gasteiger partial charge on any atom is -0.388 e. The summed E-state index contributed by atoms with van der Waals surface area (Å²) < 4.78 is 12.9. The molecule has 104 valence electrons. The molecule has 1 aromatic rings. The van der Waals surface area contributed by atoms with Crippen LogP contribution in [-0.4, -0.2) is 29.1 Å². The average Bonchev–Trinajstić information content (AvgIpc) is 2.47. The van der Waals surface area contributed by atoms with Gasteiger partial charge in [0.2, 0.25) is 0 Å². The van der Waals surface area contributed by atoms with E-state index < -0.39 is 6.10 Å². The molecule has 0 saturated carbocycles. The molecule has 1 N–H and O–H groups in total. The summed E-state index contributed by atoms with van der Waals surface area (Å²) in [5, 5.41) is 10.5. The van der Waals surface area contributed by atoms with Crippen LogP contribution >= 0.6 is 0 Å². The first kappa shape index (κ1) is 13.1. The second-order valence-corrected chi connectivity index (χ2v) is 5.97. The summed E-state index contributed by atoms with van der Waals surface area (Å²) in [4.78, 5) is 2.58. The molecule has 2 aliphatic heterocycles. The first-order valence-corrected chi connectivity index (χ1v) is 7.41. The van der Waals surface area contributed by atoms with E-state index in [9.17, 15) is 9.50 Å². The zero-order valence-corrected chi connectivity index (χ0v) is 11.3. The Labute approximate surface area is 114 Å². The molecular weight excluding hydrogens is 241 g/mol. The van der Waals surface area contributed by atoms with Gasteiger partial charge in [-0.2, -0.15) is 0 Å². The lowest BCUT2D eigenvalue weighted by Crippen LogP contribution is -2.46. The molecule has 1 aromatic carbocycles. The SMILES string of the molecule is O[C@@H](c1ccc(F)cc1)[C@H]1CCN2CCCC[C@H]2C1. The van der Waals surface area contributed by atoms with Crippen molar-refractivity contribution in [2.75, 3.05) is 13.1 Å². The molecule has 2 nitrogen and oxygen atoms in total. The van der Waals surface area contributed by atoms with Crippen molar-refractivity contribution in [3.8, 4) is 0 Å². The van der Waals surface area contributed by atoms with Gasteiger partial charge < -0.3 is 10.0 Å². The van der Waals surface area contributed by atoms with Crippen molar-refractivity contribution in [1.29, 1.82) is 0 Å².